The highest BCUT2D eigenvalue weighted by atomic mass is 32.2. The van der Waals surface area contributed by atoms with Crippen molar-refractivity contribution >= 4 is 21.9 Å². The lowest BCUT2D eigenvalue weighted by molar-refractivity contribution is -0.134. The molecule has 4 bridgehead atoms. The van der Waals surface area contributed by atoms with Gasteiger partial charge in [-0.25, -0.2) is 13.2 Å². The van der Waals surface area contributed by atoms with Crippen LogP contribution >= 0.6 is 0 Å². The number of esters is 1. The number of amides is 1. The molecular formula is C25H34N2O5S. The summed E-state index contributed by atoms with van der Waals surface area (Å²) in [5.41, 5.74) is 0.110. The molecule has 4 aliphatic carbocycles. The summed E-state index contributed by atoms with van der Waals surface area (Å²) in [6.07, 6.45) is 8.89. The quantitative estimate of drug-likeness (QED) is 0.637. The maximum Gasteiger partial charge on any atom is 0.338 e. The third-order valence-electron chi connectivity index (χ3n) is 8.12. The summed E-state index contributed by atoms with van der Waals surface area (Å²) in [4.78, 5) is 25.7. The molecule has 1 aromatic carbocycles. The normalized spacial score (nSPS) is 32.3. The van der Waals surface area contributed by atoms with Crippen LogP contribution in [0.2, 0.25) is 0 Å². The number of hydrogen-bond acceptors (Lipinski definition) is 5. The van der Waals surface area contributed by atoms with E-state index in [1.807, 2.05) is 0 Å². The molecule has 180 valence electrons. The molecule has 8 heteroatoms. The van der Waals surface area contributed by atoms with E-state index in [9.17, 15) is 18.0 Å². The average Bonchev–Trinajstić information content (AvgIpc) is 2.78. The summed E-state index contributed by atoms with van der Waals surface area (Å²) in [5.74, 6) is 1.29. The molecular weight excluding hydrogens is 440 g/mol. The van der Waals surface area contributed by atoms with Crippen molar-refractivity contribution in [3.8, 4) is 0 Å². The van der Waals surface area contributed by atoms with Crippen molar-refractivity contribution < 1.29 is 22.7 Å². The first-order valence-electron chi connectivity index (χ1n) is 12.4. The maximum atomic E-state index is 12.9. The molecule has 1 aliphatic heterocycles. The number of carbonyl (C=O) groups excluding carboxylic acids is 2. The Morgan fingerprint density at radius 2 is 1.52 bits per heavy atom. The van der Waals surface area contributed by atoms with E-state index in [1.54, 1.807) is 6.92 Å². The number of sulfonamides is 1. The number of piperidine rings is 1. The monoisotopic (exact) mass is 474 g/mol. The van der Waals surface area contributed by atoms with Crippen LogP contribution in [-0.4, -0.2) is 49.3 Å². The second-order valence-corrected chi connectivity index (χ2v) is 12.7. The van der Waals surface area contributed by atoms with Crippen molar-refractivity contribution in [3.05, 3.63) is 29.8 Å². The van der Waals surface area contributed by atoms with Gasteiger partial charge in [0.2, 0.25) is 10.0 Å². The molecule has 0 spiro atoms. The SMILES string of the molecule is CC(OC(=O)c1ccc(S(=O)(=O)N2CCCCC2)cc1)C(=O)NC12CC3CC(CC(C3)C1)C2. The maximum absolute atomic E-state index is 12.9. The Balaban J connectivity index is 1.19. The minimum atomic E-state index is -3.55. The summed E-state index contributed by atoms with van der Waals surface area (Å²) in [7, 11) is -3.55. The van der Waals surface area contributed by atoms with Crippen LogP contribution in [0.25, 0.3) is 0 Å². The number of nitrogens with one attached hydrogen (secondary N) is 1. The van der Waals surface area contributed by atoms with Gasteiger partial charge in [-0.3, -0.25) is 4.79 Å². The fourth-order valence-electron chi connectivity index (χ4n) is 6.93. The molecule has 7 nitrogen and oxygen atoms in total. The van der Waals surface area contributed by atoms with Crippen LogP contribution in [0.1, 0.15) is 75.1 Å². The van der Waals surface area contributed by atoms with Crippen LogP contribution in [0, 0.1) is 17.8 Å². The molecule has 1 atom stereocenters. The van der Waals surface area contributed by atoms with Crippen LogP contribution in [-0.2, 0) is 19.6 Å². The molecule has 1 heterocycles. The number of rotatable bonds is 6. The summed E-state index contributed by atoms with van der Waals surface area (Å²) in [6.45, 7) is 2.66. The van der Waals surface area contributed by atoms with E-state index in [2.05, 4.69) is 5.32 Å². The molecule has 4 saturated carbocycles. The molecule has 5 aliphatic rings. The number of benzene rings is 1. The Morgan fingerprint density at radius 3 is 2.06 bits per heavy atom. The number of hydrogen-bond donors (Lipinski definition) is 1. The standard InChI is InChI=1S/C25H34N2O5S/c1-17(23(28)26-25-14-18-11-19(15-25)13-20(12-18)16-25)32-24(29)21-5-7-22(8-6-21)33(30,31)27-9-3-2-4-10-27/h5-8,17-20H,2-4,9-16H2,1H3,(H,26,28). The lowest BCUT2D eigenvalue weighted by atomic mass is 9.53. The number of nitrogens with zero attached hydrogens (tertiary/aromatic N) is 1. The van der Waals surface area contributed by atoms with Gasteiger partial charge in [-0.2, -0.15) is 4.31 Å². The Morgan fingerprint density at radius 1 is 0.970 bits per heavy atom. The predicted molar refractivity (Wildman–Crippen MR) is 123 cm³/mol. The zero-order valence-electron chi connectivity index (χ0n) is 19.3. The largest absolute Gasteiger partial charge is 0.449 e. The third kappa shape index (κ3) is 4.56. The highest BCUT2D eigenvalue weighted by molar-refractivity contribution is 7.89. The van der Waals surface area contributed by atoms with Crippen molar-refractivity contribution in [2.45, 2.75) is 81.2 Å². The van der Waals surface area contributed by atoms with Crippen molar-refractivity contribution in [3.63, 3.8) is 0 Å². The van der Waals surface area contributed by atoms with Gasteiger partial charge in [0.25, 0.3) is 5.91 Å². The van der Waals surface area contributed by atoms with E-state index in [-0.39, 0.29) is 21.9 Å². The number of ether oxygens (including phenoxy) is 1. The van der Waals surface area contributed by atoms with Gasteiger partial charge in [0.15, 0.2) is 6.10 Å². The van der Waals surface area contributed by atoms with E-state index >= 15 is 0 Å². The van der Waals surface area contributed by atoms with E-state index in [0.29, 0.717) is 30.8 Å². The van der Waals surface area contributed by atoms with Gasteiger partial charge in [0.05, 0.1) is 10.5 Å². The lowest BCUT2D eigenvalue weighted by Gasteiger charge is -2.57. The van der Waals surface area contributed by atoms with Crippen molar-refractivity contribution in [1.29, 1.82) is 0 Å². The predicted octanol–water partition coefficient (Wildman–Crippen LogP) is 3.49. The molecule has 1 unspecified atom stereocenters. The van der Waals surface area contributed by atoms with Crippen molar-refractivity contribution in [2.24, 2.45) is 17.8 Å². The van der Waals surface area contributed by atoms with E-state index in [0.717, 1.165) is 38.5 Å². The van der Waals surface area contributed by atoms with Crippen LogP contribution < -0.4 is 5.32 Å². The van der Waals surface area contributed by atoms with E-state index < -0.39 is 22.1 Å². The summed E-state index contributed by atoms with van der Waals surface area (Å²) < 4.78 is 32.5. The Labute approximate surface area is 196 Å². The summed E-state index contributed by atoms with van der Waals surface area (Å²) in [6, 6.07) is 5.81. The Bertz CT molecular complexity index is 978. The van der Waals surface area contributed by atoms with Gasteiger partial charge in [-0.05, 0) is 100 Å². The summed E-state index contributed by atoms with van der Waals surface area (Å²) in [5, 5.41) is 3.25. The first-order valence-corrected chi connectivity index (χ1v) is 13.8. The molecule has 1 aromatic rings. The molecule has 0 radical (unpaired) electrons. The van der Waals surface area contributed by atoms with Gasteiger partial charge in [0.1, 0.15) is 0 Å². The molecule has 1 amide bonds. The number of carbonyl (C=O) groups is 2. The highest BCUT2D eigenvalue weighted by Crippen LogP contribution is 2.55. The Hall–Kier alpha value is -1.93. The minimum absolute atomic E-state index is 0.128. The fourth-order valence-corrected chi connectivity index (χ4v) is 8.44. The highest BCUT2D eigenvalue weighted by Gasteiger charge is 2.51. The first-order chi connectivity index (χ1) is 15.7. The van der Waals surface area contributed by atoms with Gasteiger partial charge < -0.3 is 10.1 Å². The smallest absolute Gasteiger partial charge is 0.338 e. The molecule has 1 saturated heterocycles. The Kier molecular flexibility index (Phi) is 6.02. The van der Waals surface area contributed by atoms with Gasteiger partial charge in [-0.1, -0.05) is 6.42 Å². The second-order valence-electron chi connectivity index (χ2n) is 10.7. The molecule has 33 heavy (non-hydrogen) atoms. The average molecular weight is 475 g/mol. The zero-order valence-corrected chi connectivity index (χ0v) is 20.1. The molecule has 1 N–H and O–H groups in total. The van der Waals surface area contributed by atoms with Gasteiger partial charge >= 0.3 is 5.97 Å². The lowest BCUT2D eigenvalue weighted by Crippen LogP contribution is -2.61. The van der Waals surface area contributed by atoms with Crippen molar-refractivity contribution in [2.75, 3.05) is 13.1 Å². The third-order valence-corrected chi connectivity index (χ3v) is 10.0. The second kappa shape index (κ2) is 8.69. The van der Waals surface area contributed by atoms with E-state index in [4.69, 9.17) is 4.74 Å². The fraction of sp³-hybridized carbons (Fsp3) is 0.680. The first kappa shape index (κ1) is 22.8. The van der Waals surface area contributed by atoms with Crippen LogP contribution in [0.5, 0.6) is 0 Å². The molecule has 5 fully saturated rings. The summed E-state index contributed by atoms with van der Waals surface area (Å²) >= 11 is 0. The van der Waals surface area contributed by atoms with Gasteiger partial charge in [0, 0.05) is 18.6 Å². The van der Waals surface area contributed by atoms with E-state index in [1.165, 1.54) is 47.8 Å². The molecule has 0 aromatic heterocycles. The van der Waals surface area contributed by atoms with Gasteiger partial charge in [-0.15, -0.1) is 0 Å². The molecule has 6 rings (SSSR count). The topological polar surface area (TPSA) is 92.8 Å². The van der Waals surface area contributed by atoms with Crippen LogP contribution in [0.4, 0.5) is 0 Å². The minimum Gasteiger partial charge on any atom is -0.449 e. The zero-order chi connectivity index (χ0) is 23.2. The van der Waals surface area contributed by atoms with Crippen LogP contribution in [0.3, 0.4) is 0 Å². The van der Waals surface area contributed by atoms with Crippen molar-refractivity contribution in [1.82, 2.24) is 9.62 Å². The van der Waals surface area contributed by atoms with Crippen LogP contribution in [0.15, 0.2) is 29.2 Å².